The Morgan fingerprint density at radius 1 is 0.241 bits per heavy atom. The summed E-state index contributed by atoms with van der Waals surface area (Å²) in [4.78, 5) is 0. The lowest BCUT2D eigenvalue weighted by atomic mass is 10.1. The van der Waals surface area contributed by atoms with Gasteiger partial charge in [0.1, 0.15) is 34.5 Å². The van der Waals surface area contributed by atoms with Gasteiger partial charge in [-0.2, -0.15) is 0 Å². The molecular formula is C66H96BO9P3. The molecule has 0 saturated carbocycles. The van der Waals surface area contributed by atoms with Crippen LogP contribution in [-0.4, -0.2) is 62.0 Å². The van der Waals surface area contributed by atoms with Crippen molar-refractivity contribution in [2.75, 3.05) is 39.6 Å². The fraction of sp³-hybridized carbons (Fsp3) is 0.364. The lowest BCUT2D eigenvalue weighted by Gasteiger charge is -2.08. The molecule has 9 nitrogen and oxygen atoms in total. The van der Waals surface area contributed by atoms with E-state index in [0.717, 1.165) is 50.4 Å². The van der Waals surface area contributed by atoms with Crippen LogP contribution in [0.2, 0.25) is 0 Å². The van der Waals surface area contributed by atoms with E-state index in [1.54, 1.807) is 0 Å². The van der Waals surface area contributed by atoms with E-state index in [9.17, 15) is 0 Å². The van der Waals surface area contributed by atoms with E-state index in [1.165, 1.54) is 66.8 Å². The Balaban J connectivity index is 0.000000893. The molecule has 0 aliphatic heterocycles. The molecule has 432 valence electrons. The zero-order chi connectivity index (χ0) is 60.0. The SMILES string of the molecule is CCOc1cc(P)cc(OCC)c1.CCOc1cc(P)cc(OCC)c1.CCOc1cc(P)cc(OCC)c1.Cc1cc(C)cc(C)c1.Cc1cc(C)cc(C)c1.Cc1cc(C)cc(C)c1.Cc1cc(C)cc(C)c1.OB(O)O. The van der Waals surface area contributed by atoms with E-state index < -0.39 is 7.32 Å². The summed E-state index contributed by atoms with van der Waals surface area (Å²) >= 11 is 0. The van der Waals surface area contributed by atoms with Gasteiger partial charge in [0, 0.05) is 18.2 Å². The van der Waals surface area contributed by atoms with Crippen LogP contribution >= 0.6 is 27.7 Å². The average Bonchev–Trinajstić information content (AvgIpc) is 3.29. The number of hydrogen-bond donors (Lipinski definition) is 3. The van der Waals surface area contributed by atoms with Crippen molar-refractivity contribution >= 4 is 51.0 Å². The molecule has 0 spiro atoms. The van der Waals surface area contributed by atoms with Crippen LogP contribution in [0.4, 0.5) is 0 Å². The largest absolute Gasteiger partial charge is 0.631 e. The molecule has 7 aromatic carbocycles. The monoisotopic (exact) mass is 1140 g/mol. The normalized spacial score (nSPS) is 9.57. The first-order valence-corrected chi connectivity index (χ1v) is 28.7. The summed E-state index contributed by atoms with van der Waals surface area (Å²) in [7, 11) is 5.75. The van der Waals surface area contributed by atoms with Crippen LogP contribution in [0.3, 0.4) is 0 Å². The molecule has 0 aromatic heterocycles. The summed E-state index contributed by atoms with van der Waals surface area (Å²) in [5.41, 5.74) is 16.3. The third-order valence-corrected chi connectivity index (χ3v) is 11.0. The second-order valence-electron chi connectivity index (χ2n) is 18.8. The number of ether oxygens (including phenoxy) is 6. The molecule has 3 atom stereocenters. The Morgan fingerprint density at radius 3 is 0.430 bits per heavy atom. The van der Waals surface area contributed by atoms with Crippen molar-refractivity contribution in [3.63, 3.8) is 0 Å². The second-order valence-corrected chi connectivity index (χ2v) is 20.8. The Hall–Kier alpha value is -5.43. The van der Waals surface area contributed by atoms with Gasteiger partial charge >= 0.3 is 7.32 Å². The minimum absolute atomic E-state index is 0.680. The number of rotatable bonds is 12. The minimum Gasteiger partial charge on any atom is -0.494 e. The van der Waals surface area contributed by atoms with Crippen molar-refractivity contribution in [2.24, 2.45) is 0 Å². The van der Waals surface area contributed by atoms with E-state index >= 15 is 0 Å². The molecule has 7 rings (SSSR count). The fourth-order valence-electron chi connectivity index (χ4n) is 8.09. The minimum atomic E-state index is -2.17. The summed E-state index contributed by atoms with van der Waals surface area (Å²) in [6, 6.07) is 43.8. The van der Waals surface area contributed by atoms with E-state index in [-0.39, 0.29) is 0 Å². The Morgan fingerprint density at radius 2 is 0.342 bits per heavy atom. The van der Waals surface area contributed by atoms with Gasteiger partial charge in [0.25, 0.3) is 0 Å². The van der Waals surface area contributed by atoms with Gasteiger partial charge in [0.05, 0.1) is 39.6 Å². The Labute approximate surface area is 485 Å². The molecule has 0 bridgehead atoms. The Bertz CT molecular complexity index is 2170. The van der Waals surface area contributed by atoms with Crippen molar-refractivity contribution in [2.45, 2.75) is 125 Å². The summed E-state index contributed by atoms with van der Waals surface area (Å²) in [5.74, 6) is 5.16. The lowest BCUT2D eigenvalue weighted by molar-refractivity contribution is 0.278. The van der Waals surface area contributed by atoms with E-state index in [1.807, 2.05) is 96.1 Å². The Kier molecular flexibility index (Phi) is 39.5. The maximum absolute atomic E-state index is 7.17. The summed E-state index contributed by atoms with van der Waals surface area (Å²) in [6.45, 7) is 41.4. The average molecular weight is 1140 g/mol. The molecule has 79 heavy (non-hydrogen) atoms. The van der Waals surface area contributed by atoms with Gasteiger partial charge in [0.2, 0.25) is 0 Å². The molecule has 0 amide bonds. The zero-order valence-electron chi connectivity index (χ0n) is 51.0. The molecule has 0 fully saturated rings. The predicted octanol–water partition coefficient (Wildman–Crippen LogP) is 14.3. The smallest absolute Gasteiger partial charge is 0.494 e. The first-order valence-electron chi connectivity index (χ1n) is 27.0. The van der Waals surface area contributed by atoms with Crippen LogP contribution < -0.4 is 44.3 Å². The van der Waals surface area contributed by atoms with Crippen LogP contribution in [-0.2, 0) is 0 Å². The molecule has 0 aliphatic rings. The summed E-state index contributed by atoms with van der Waals surface area (Å²) in [5, 5.41) is 24.7. The van der Waals surface area contributed by atoms with Crippen LogP contribution in [0.25, 0.3) is 0 Å². The van der Waals surface area contributed by atoms with Crippen molar-refractivity contribution in [1.29, 1.82) is 0 Å². The molecule has 3 unspecified atom stereocenters. The van der Waals surface area contributed by atoms with Crippen molar-refractivity contribution in [1.82, 2.24) is 0 Å². The number of hydrogen-bond acceptors (Lipinski definition) is 9. The van der Waals surface area contributed by atoms with Gasteiger partial charge in [-0.05, 0) is 177 Å². The van der Waals surface area contributed by atoms with Crippen molar-refractivity contribution in [3.8, 4) is 34.5 Å². The van der Waals surface area contributed by atoms with Crippen LogP contribution in [0, 0.1) is 83.1 Å². The molecule has 3 N–H and O–H groups in total. The van der Waals surface area contributed by atoms with Crippen molar-refractivity contribution < 1.29 is 43.5 Å². The summed E-state index contributed by atoms with van der Waals surface area (Å²) in [6.07, 6.45) is 0. The van der Waals surface area contributed by atoms with E-state index in [4.69, 9.17) is 43.5 Å². The quantitative estimate of drug-likeness (QED) is 0.0812. The van der Waals surface area contributed by atoms with E-state index in [0.29, 0.717) is 39.6 Å². The standard InChI is InChI=1S/3C10H15O2P.4C9H12.BH3O3/c3*1-3-11-8-5-9(12-4-2)7-10(13)6-8;4*1-7-4-8(2)6-9(3)5-7;2-1(3)4/h3*5-7H,3-4,13H2,1-2H3;4*4-6H,1-3H3;2-4H. The second kappa shape index (κ2) is 42.5. The van der Waals surface area contributed by atoms with Gasteiger partial charge < -0.3 is 43.5 Å². The fourth-order valence-corrected chi connectivity index (χ4v) is 9.08. The molecule has 0 aliphatic carbocycles. The molecule has 13 heteroatoms. The number of benzene rings is 7. The molecular weight excluding hydrogens is 1040 g/mol. The molecule has 7 aromatic rings. The lowest BCUT2D eigenvalue weighted by Crippen LogP contribution is -2.07. The maximum atomic E-state index is 7.17. The first kappa shape index (κ1) is 73.6. The number of aryl methyl sites for hydroxylation is 12. The van der Waals surface area contributed by atoms with Crippen LogP contribution in [0.5, 0.6) is 34.5 Å². The highest BCUT2D eigenvalue weighted by molar-refractivity contribution is 7.27. The van der Waals surface area contributed by atoms with E-state index in [2.05, 4.69) is 184 Å². The summed E-state index contributed by atoms with van der Waals surface area (Å²) < 4.78 is 32.3. The van der Waals surface area contributed by atoms with Crippen molar-refractivity contribution in [3.05, 3.63) is 194 Å². The highest BCUT2D eigenvalue weighted by atomic mass is 31.0. The van der Waals surface area contributed by atoms with Gasteiger partial charge in [-0.1, -0.05) is 140 Å². The highest BCUT2D eigenvalue weighted by Crippen LogP contribution is 2.22. The van der Waals surface area contributed by atoms with Gasteiger partial charge in [-0.3, -0.25) is 0 Å². The molecule has 0 radical (unpaired) electrons. The first-order chi connectivity index (χ1) is 37.2. The molecule has 0 heterocycles. The van der Waals surface area contributed by atoms with Gasteiger partial charge in [-0.15, -0.1) is 27.7 Å². The topological polar surface area (TPSA) is 116 Å². The highest BCUT2D eigenvalue weighted by Gasteiger charge is 2.02. The zero-order valence-corrected chi connectivity index (χ0v) is 54.4. The maximum Gasteiger partial charge on any atom is 0.631 e. The third-order valence-electron chi connectivity index (χ3n) is 10.0. The predicted molar refractivity (Wildman–Crippen MR) is 349 cm³/mol. The third kappa shape index (κ3) is 38.8. The van der Waals surface area contributed by atoms with Crippen LogP contribution in [0.15, 0.2) is 127 Å². The van der Waals surface area contributed by atoms with Gasteiger partial charge in [-0.25, -0.2) is 0 Å². The molecule has 0 saturated heterocycles. The van der Waals surface area contributed by atoms with Gasteiger partial charge in [0.15, 0.2) is 0 Å². The van der Waals surface area contributed by atoms with Crippen LogP contribution in [0.1, 0.15) is 108 Å².